The van der Waals surface area contributed by atoms with Gasteiger partial charge in [0.15, 0.2) is 0 Å². The lowest BCUT2D eigenvalue weighted by Gasteiger charge is -2.30. The number of nitrogens with one attached hydrogen (secondary N) is 1. The van der Waals surface area contributed by atoms with E-state index < -0.39 is 16.1 Å². The average molecular weight is 538 g/mol. The normalized spacial score (nSPS) is 12.2. The summed E-state index contributed by atoms with van der Waals surface area (Å²) in [7, 11) is -3.57. The SMILES string of the molecule is CCOc1ccc(N(CCCC(=O)N(Cc2ccccc2Cl)C(C)C(=O)NC(C)C)S(C)(=O)=O)cc1. The maximum absolute atomic E-state index is 13.3. The zero-order chi connectivity index (χ0) is 26.9. The van der Waals surface area contributed by atoms with Crippen molar-refractivity contribution >= 4 is 39.1 Å². The lowest BCUT2D eigenvalue weighted by Crippen LogP contribution is -2.49. The molecular weight excluding hydrogens is 502 g/mol. The third-order valence-electron chi connectivity index (χ3n) is 5.48. The number of anilines is 1. The minimum Gasteiger partial charge on any atom is -0.494 e. The van der Waals surface area contributed by atoms with Crippen molar-refractivity contribution in [3.8, 4) is 5.75 Å². The monoisotopic (exact) mass is 537 g/mol. The summed E-state index contributed by atoms with van der Waals surface area (Å²) in [5.74, 6) is 0.118. The summed E-state index contributed by atoms with van der Waals surface area (Å²) in [6.07, 6.45) is 1.47. The van der Waals surface area contributed by atoms with Crippen LogP contribution < -0.4 is 14.4 Å². The molecule has 10 heteroatoms. The highest BCUT2D eigenvalue weighted by Crippen LogP contribution is 2.23. The molecule has 8 nitrogen and oxygen atoms in total. The van der Waals surface area contributed by atoms with E-state index in [1.165, 1.54) is 9.21 Å². The van der Waals surface area contributed by atoms with E-state index in [-0.39, 0.29) is 43.8 Å². The van der Waals surface area contributed by atoms with Gasteiger partial charge in [0.25, 0.3) is 0 Å². The largest absolute Gasteiger partial charge is 0.494 e. The van der Waals surface area contributed by atoms with E-state index in [1.54, 1.807) is 43.3 Å². The summed E-state index contributed by atoms with van der Waals surface area (Å²) >= 11 is 6.32. The van der Waals surface area contributed by atoms with Gasteiger partial charge in [-0.15, -0.1) is 0 Å². The highest BCUT2D eigenvalue weighted by molar-refractivity contribution is 7.92. The average Bonchev–Trinajstić information content (AvgIpc) is 2.80. The van der Waals surface area contributed by atoms with Gasteiger partial charge in [0.1, 0.15) is 11.8 Å². The van der Waals surface area contributed by atoms with Crippen LogP contribution in [0.15, 0.2) is 48.5 Å². The van der Waals surface area contributed by atoms with Gasteiger partial charge in [0, 0.05) is 30.6 Å². The van der Waals surface area contributed by atoms with Crippen LogP contribution in [-0.4, -0.2) is 56.6 Å². The van der Waals surface area contributed by atoms with Crippen LogP contribution in [0.4, 0.5) is 5.69 Å². The van der Waals surface area contributed by atoms with Crippen molar-refractivity contribution in [3.05, 3.63) is 59.1 Å². The molecule has 0 aromatic heterocycles. The van der Waals surface area contributed by atoms with Crippen LogP contribution in [0, 0.1) is 0 Å². The van der Waals surface area contributed by atoms with Crippen molar-refractivity contribution in [3.63, 3.8) is 0 Å². The van der Waals surface area contributed by atoms with Crippen LogP contribution in [0.1, 0.15) is 46.1 Å². The molecule has 0 bridgehead atoms. The molecule has 2 rings (SSSR count). The van der Waals surface area contributed by atoms with Crippen molar-refractivity contribution < 1.29 is 22.7 Å². The van der Waals surface area contributed by atoms with E-state index in [9.17, 15) is 18.0 Å². The van der Waals surface area contributed by atoms with Crippen LogP contribution in [0.25, 0.3) is 0 Å². The molecule has 36 heavy (non-hydrogen) atoms. The number of ether oxygens (including phenoxy) is 1. The van der Waals surface area contributed by atoms with Crippen molar-refractivity contribution in [1.29, 1.82) is 0 Å². The minimum absolute atomic E-state index is 0.0623. The molecule has 1 unspecified atom stereocenters. The fourth-order valence-corrected chi connectivity index (χ4v) is 4.84. The first-order valence-electron chi connectivity index (χ1n) is 12.0. The number of halogens is 1. The second-order valence-corrected chi connectivity index (χ2v) is 11.1. The molecule has 0 radical (unpaired) electrons. The Labute approximate surface area is 219 Å². The number of rotatable bonds is 13. The van der Waals surface area contributed by atoms with E-state index in [1.807, 2.05) is 32.9 Å². The van der Waals surface area contributed by atoms with Crippen LogP contribution in [0.5, 0.6) is 5.75 Å². The molecular formula is C26H36ClN3O5S. The van der Waals surface area contributed by atoms with Crippen molar-refractivity contribution in [2.75, 3.05) is 23.7 Å². The number of carbonyl (C=O) groups is 2. The molecule has 2 aromatic rings. The standard InChI is InChI=1S/C26H36ClN3O5S/c1-6-35-23-15-13-22(14-16-23)30(36(5,33)34)17-9-12-25(31)29(20(4)26(32)28-19(2)3)18-21-10-7-8-11-24(21)27/h7-8,10-11,13-16,19-20H,6,9,12,17-18H2,1-5H3,(H,28,32). The van der Waals surface area contributed by atoms with Gasteiger partial charge in [-0.25, -0.2) is 8.42 Å². The first kappa shape index (κ1) is 29.5. The highest BCUT2D eigenvalue weighted by atomic mass is 35.5. The summed E-state index contributed by atoms with van der Waals surface area (Å²) in [6.45, 7) is 8.04. The number of carbonyl (C=O) groups excluding carboxylic acids is 2. The molecule has 1 atom stereocenters. The number of hydrogen-bond acceptors (Lipinski definition) is 5. The Balaban J connectivity index is 2.16. The molecule has 0 fully saturated rings. The van der Waals surface area contributed by atoms with Gasteiger partial charge in [-0.1, -0.05) is 29.8 Å². The first-order chi connectivity index (χ1) is 16.9. The highest BCUT2D eigenvalue weighted by Gasteiger charge is 2.27. The van der Waals surface area contributed by atoms with E-state index in [2.05, 4.69) is 5.32 Å². The maximum Gasteiger partial charge on any atom is 0.242 e. The Bertz CT molecular complexity index is 1120. The van der Waals surface area contributed by atoms with Gasteiger partial charge in [-0.2, -0.15) is 0 Å². The minimum atomic E-state index is -3.57. The number of sulfonamides is 1. The lowest BCUT2D eigenvalue weighted by atomic mass is 10.1. The van der Waals surface area contributed by atoms with Gasteiger partial charge in [0.05, 0.1) is 18.6 Å². The molecule has 0 saturated heterocycles. The van der Waals surface area contributed by atoms with Crippen molar-refractivity contribution in [2.45, 2.75) is 59.2 Å². The second kappa shape index (κ2) is 13.5. The quantitative estimate of drug-likeness (QED) is 0.412. The van der Waals surface area contributed by atoms with Crippen LogP contribution in [-0.2, 0) is 26.2 Å². The zero-order valence-corrected chi connectivity index (χ0v) is 23.1. The van der Waals surface area contributed by atoms with Gasteiger partial charge < -0.3 is 15.0 Å². The third kappa shape index (κ3) is 8.71. The Morgan fingerprint density at radius 2 is 1.69 bits per heavy atom. The number of amides is 2. The molecule has 0 aliphatic rings. The predicted octanol–water partition coefficient (Wildman–Crippen LogP) is 4.23. The van der Waals surface area contributed by atoms with Crippen molar-refractivity contribution in [1.82, 2.24) is 10.2 Å². The summed E-state index contributed by atoms with van der Waals surface area (Å²) < 4.78 is 31.6. The van der Waals surface area contributed by atoms with Gasteiger partial charge >= 0.3 is 0 Å². The van der Waals surface area contributed by atoms with Gasteiger partial charge in [-0.3, -0.25) is 13.9 Å². The number of hydrogen-bond donors (Lipinski definition) is 1. The summed E-state index contributed by atoms with van der Waals surface area (Å²) in [6, 6.07) is 13.1. The Morgan fingerprint density at radius 3 is 2.25 bits per heavy atom. The summed E-state index contributed by atoms with van der Waals surface area (Å²) in [5.41, 5.74) is 1.22. The third-order valence-corrected chi connectivity index (χ3v) is 7.05. The Morgan fingerprint density at radius 1 is 1.06 bits per heavy atom. The fraction of sp³-hybridized carbons (Fsp3) is 0.462. The van der Waals surface area contributed by atoms with Gasteiger partial charge in [-0.05, 0) is 70.0 Å². The maximum atomic E-state index is 13.3. The Kier molecular flexibility index (Phi) is 11.0. The fourth-order valence-electron chi connectivity index (χ4n) is 3.68. The Hall–Kier alpha value is -2.78. The van der Waals surface area contributed by atoms with Crippen LogP contribution >= 0.6 is 11.6 Å². The van der Waals surface area contributed by atoms with E-state index in [4.69, 9.17) is 16.3 Å². The molecule has 0 heterocycles. The molecule has 198 valence electrons. The molecule has 1 N–H and O–H groups in total. The molecule has 0 aliphatic heterocycles. The van der Waals surface area contributed by atoms with E-state index >= 15 is 0 Å². The molecule has 0 aliphatic carbocycles. The van der Waals surface area contributed by atoms with E-state index in [0.29, 0.717) is 23.1 Å². The molecule has 2 aromatic carbocycles. The number of nitrogens with zero attached hydrogens (tertiary/aromatic N) is 2. The lowest BCUT2D eigenvalue weighted by molar-refractivity contribution is -0.140. The molecule has 0 saturated carbocycles. The zero-order valence-electron chi connectivity index (χ0n) is 21.5. The topological polar surface area (TPSA) is 96.0 Å². The van der Waals surface area contributed by atoms with Gasteiger partial charge in [0.2, 0.25) is 21.8 Å². The van der Waals surface area contributed by atoms with Crippen LogP contribution in [0.2, 0.25) is 5.02 Å². The summed E-state index contributed by atoms with van der Waals surface area (Å²) in [5, 5.41) is 3.35. The molecule has 2 amide bonds. The summed E-state index contributed by atoms with van der Waals surface area (Å²) in [4.78, 5) is 27.5. The molecule has 0 spiro atoms. The first-order valence-corrected chi connectivity index (χ1v) is 14.2. The van der Waals surface area contributed by atoms with E-state index in [0.717, 1.165) is 11.8 Å². The second-order valence-electron chi connectivity index (χ2n) is 8.82. The predicted molar refractivity (Wildman–Crippen MR) is 144 cm³/mol. The number of benzene rings is 2. The van der Waals surface area contributed by atoms with Crippen molar-refractivity contribution in [2.24, 2.45) is 0 Å². The van der Waals surface area contributed by atoms with Crippen LogP contribution in [0.3, 0.4) is 0 Å². The smallest absolute Gasteiger partial charge is 0.242 e.